The van der Waals surface area contributed by atoms with E-state index < -0.39 is 0 Å². The molecule has 1 aliphatic heterocycles. The van der Waals surface area contributed by atoms with Gasteiger partial charge in [-0.25, -0.2) is 0 Å². The van der Waals surface area contributed by atoms with Gasteiger partial charge in [0.2, 0.25) is 11.8 Å². The molecule has 0 aromatic carbocycles. The van der Waals surface area contributed by atoms with E-state index in [1.807, 2.05) is 0 Å². The Balaban J connectivity index is 1.52. The van der Waals surface area contributed by atoms with Gasteiger partial charge in [0.05, 0.1) is 6.61 Å². The third-order valence-corrected chi connectivity index (χ3v) is 4.22. The topological polar surface area (TPSA) is 67.4 Å². The van der Waals surface area contributed by atoms with E-state index in [2.05, 4.69) is 10.6 Å². The maximum atomic E-state index is 11.8. The summed E-state index contributed by atoms with van der Waals surface area (Å²) in [5.74, 6) is 0.761. The Bertz CT molecular complexity index is 321. The number of hydrogen-bond donors (Lipinski definition) is 2. The quantitative estimate of drug-likeness (QED) is 0.770. The Labute approximate surface area is 120 Å². The third-order valence-electron chi connectivity index (χ3n) is 4.22. The summed E-state index contributed by atoms with van der Waals surface area (Å²) in [4.78, 5) is 23.5. The minimum atomic E-state index is 0.0160. The largest absolute Gasteiger partial charge is 0.381 e. The van der Waals surface area contributed by atoms with Gasteiger partial charge in [0, 0.05) is 32.0 Å². The van der Waals surface area contributed by atoms with E-state index in [-0.39, 0.29) is 17.7 Å². The second-order valence-electron chi connectivity index (χ2n) is 5.91. The van der Waals surface area contributed by atoms with Crippen molar-refractivity contribution in [2.24, 2.45) is 11.8 Å². The molecule has 1 saturated carbocycles. The van der Waals surface area contributed by atoms with E-state index in [0.29, 0.717) is 25.4 Å². The van der Waals surface area contributed by atoms with E-state index >= 15 is 0 Å². The minimum Gasteiger partial charge on any atom is -0.381 e. The molecule has 2 fully saturated rings. The molecule has 114 valence electrons. The van der Waals surface area contributed by atoms with E-state index in [1.165, 1.54) is 0 Å². The van der Waals surface area contributed by atoms with Gasteiger partial charge in [-0.2, -0.15) is 0 Å². The molecule has 1 aliphatic carbocycles. The van der Waals surface area contributed by atoms with Crippen molar-refractivity contribution in [3.8, 4) is 0 Å². The number of amides is 2. The molecule has 1 atom stereocenters. The number of carbonyl (C=O) groups excluding carboxylic acids is 2. The SMILES string of the molecule is O=C(CCNC(=O)C1CCCC1)NCC1CCCOC1. The van der Waals surface area contributed by atoms with Crippen LogP contribution in [0.5, 0.6) is 0 Å². The second-order valence-corrected chi connectivity index (χ2v) is 5.91. The van der Waals surface area contributed by atoms with Crippen LogP contribution in [0.4, 0.5) is 0 Å². The van der Waals surface area contributed by atoms with Crippen LogP contribution in [0.1, 0.15) is 44.9 Å². The van der Waals surface area contributed by atoms with Gasteiger partial charge in [-0.15, -0.1) is 0 Å². The van der Waals surface area contributed by atoms with E-state index in [9.17, 15) is 9.59 Å². The van der Waals surface area contributed by atoms with Crippen molar-refractivity contribution < 1.29 is 14.3 Å². The van der Waals surface area contributed by atoms with Crippen LogP contribution in [0.15, 0.2) is 0 Å². The lowest BCUT2D eigenvalue weighted by molar-refractivity contribution is -0.125. The monoisotopic (exact) mass is 282 g/mol. The third kappa shape index (κ3) is 5.12. The van der Waals surface area contributed by atoms with Crippen molar-refractivity contribution in [3.05, 3.63) is 0 Å². The van der Waals surface area contributed by atoms with Crippen molar-refractivity contribution in [3.63, 3.8) is 0 Å². The summed E-state index contributed by atoms with van der Waals surface area (Å²) in [7, 11) is 0. The number of carbonyl (C=O) groups is 2. The van der Waals surface area contributed by atoms with Gasteiger partial charge >= 0.3 is 0 Å². The summed E-state index contributed by atoms with van der Waals surface area (Å²) in [6.45, 7) is 2.73. The normalized spacial score (nSPS) is 23.5. The summed E-state index contributed by atoms with van der Waals surface area (Å²) < 4.78 is 5.38. The van der Waals surface area contributed by atoms with Crippen LogP contribution >= 0.6 is 0 Å². The highest BCUT2D eigenvalue weighted by Gasteiger charge is 2.22. The molecule has 2 rings (SSSR count). The molecule has 1 saturated heterocycles. The number of hydrogen-bond acceptors (Lipinski definition) is 3. The Morgan fingerprint density at radius 1 is 1.05 bits per heavy atom. The molecule has 5 heteroatoms. The maximum Gasteiger partial charge on any atom is 0.223 e. The predicted molar refractivity (Wildman–Crippen MR) is 76.1 cm³/mol. The van der Waals surface area contributed by atoms with Gasteiger partial charge in [-0.3, -0.25) is 9.59 Å². The van der Waals surface area contributed by atoms with Crippen molar-refractivity contribution >= 4 is 11.8 Å². The highest BCUT2D eigenvalue weighted by atomic mass is 16.5. The second kappa shape index (κ2) is 8.25. The molecule has 1 unspecified atom stereocenters. The summed E-state index contributed by atoms with van der Waals surface area (Å²) in [6.07, 6.45) is 6.88. The molecule has 0 spiro atoms. The molecule has 5 nitrogen and oxygen atoms in total. The van der Waals surface area contributed by atoms with Crippen LogP contribution in [0.3, 0.4) is 0 Å². The fraction of sp³-hybridized carbons (Fsp3) is 0.867. The zero-order valence-corrected chi connectivity index (χ0v) is 12.2. The number of ether oxygens (including phenoxy) is 1. The van der Waals surface area contributed by atoms with Gasteiger partial charge in [0.1, 0.15) is 0 Å². The Kier molecular flexibility index (Phi) is 6.30. The molecule has 20 heavy (non-hydrogen) atoms. The average Bonchev–Trinajstić information content (AvgIpc) is 3.00. The molecular weight excluding hydrogens is 256 g/mol. The van der Waals surface area contributed by atoms with Crippen LogP contribution in [0, 0.1) is 11.8 Å². The fourth-order valence-electron chi connectivity index (χ4n) is 2.95. The molecule has 0 bridgehead atoms. The number of rotatable bonds is 6. The standard InChI is InChI=1S/C15H26N2O3/c18-14(17-10-12-4-3-9-20-11-12)7-8-16-15(19)13-5-1-2-6-13/h12-13H,1-11H2,(H,16,19)(H,17,18). The van der Waals surface area contributed by atoms with Crippen molar-refractivity contribution in [2.45, 2.75) is 44.9 Å². The van der Waals surface area contributed by atoms with Crippen LogP contribution in [-0.4, -0.2) is 38.1 Å². The molecular formula is C15H26N2O3. The lowest BCUT2D eigenvalue weighted by Crippen LogP contribution is -2.36. The van der Waals surface area contributed by atoms with Gasteiger partial charge in [-0.1, -0.05) is 12.8 Å². The molecule has 2 amide bonds. The van der Waals surface area contributed by atoms with Crippen molar-refractivity contribution in [1.82, 2.24) is 10.6 Å². The average molecular weight is 282 g/mol. The fourth-order valence-corrected chi connectivity index (χ4v) is 2.95. The van der Waals surface area contributed by atoms with Crippen LogP contribution in [-0.2, 0) is 14.3 Å². The smallest absolute Gasteiger partial charge is 0.223 e. The lowest BCUT2D eigenvalue weighted by atomic mass is 10.0. The summed E-state index contributed by atoms with van der Waals surface area (Å²) in [5, 5.41) is 5.79. The van der Waals surface area contributed by atoms with Crippen LogP contribution in [0.25, 0.3) is 0 Å². The van der Waals surface area contributed by atoms with E-state index in [4.69, 9.17) is 4.74 Å². The Morgan fingerprint density at radius 2 is 1.85 bits per heavy atom. The Morgan fingerprint density at radius 3 is 2.55 bits per heavy atom. The molecule has 2 N–H and O–H groups in total. The summed E-state index contributed by atoms with van der Waals surface area (Å²) in [5.41, 5.74) is 0. The summed E-state index contributed by atoms with van der Waals surface area (Å²) >= 11 is 0. The van der Waals surface area contributed by atoms with Gasteiger partial charge in [0.25, 0.3) is 0 Å². The first kappa shape index (κ1) is 15.3. The molecule has 0 aromatic heterocycles. The van der Waals surface area contributed by atoms with Crippen molar-refractivity contribution in [1.29, 1.82) is 0 Å². The van der Waals surface area contributed by atoms with E-state index in [0.717, 1.165) is 51.7 Å². The first-order valence-corrected chi connectivity index (χ1v) is 7.88. The van der Waals surface area contributed by atoms with Crippen LogP contribution < -0.4 is 10.6 Å². The van der Waals surface area contributed by atoms with Gasteiger partial charge in [-0.05, 0) is 31.6 Å². The zero-order chi connectivity index (χ0) is 14.2. The van der Waals surface area contributed by atoms with E-state index in [1.54, 1.807) is 0 Å². The predicted octanol–water partition coefficient (Wildman–Crippen LogP) is 1.23. The molecule has 1 heterocycles. The zero-order valence-electron chi connectivity index (χ0n) is 12.2. The first-order chi connectivity index (χ1) is 9.75. The molecule has 0 aromatic rings. The lowest BCUT2D eigenvalue weighted by Gasteiger charge is -2.22. The Hall–Kier alpha value is -1.10. The van der Waals surface area contributed by atoms with Gasteiger partial charge in [0.15, 0.2) is 0 Å². The maximum absolute atomic E-state index is 11.8. The highest BCUT2D eigenvalue weighted by molar-refractivity contribution is 5.80. The molecule has 2 aliphatic rings. The number of nitrogens with one attached hydrogen (secondary N) is 2. The first-order valence-electron chi connectivity index (χ1n) is 7.88. The summed E-state index contributed by atoms with van der Waals surface area (Å²) in [6, 6.07) is 0. The van der Waals surface area contributed by atoms with Gasteiger partial charge < -0.3 is 15.4 Å². The molecule has 0 radical (unpaired) electrons. The van der Waals surface area contributed by atoms with Crippen molar-refractivity contribution in [2.75, 3.05) is 26.3 Å². The highest BCUT2D eigenvalue weighted by Crippen LogP contribution is 2.24. The minimum absolute atomic E-state index is 0.0160. The van der Waals surface area contributed by atoms with Crippen LogP contribution in [0.2, 0.25) is 0 Å².